The van der Waals surface area contributed by atoms with Gasteiger partial charge < -0.3 is 10.6 Å². The van der Waals surface area contributed by atoms with Gasteiger partial charge in [-0.3, -0.25) is 9.78 Å². The molecule has 1 aromatic rings. The van der Waals surface area contributed by atoms with Gasteiger partial charge in [-0.05, 0) is 36.8 Å². The Labute approximate surface area is 144 Å². The molecule has 2 N–H and O–H groups in total. The molecular formula is C14H18Cl2F3N3O. The molecule has 0 radical (unpaired) electrons. The Balaban J connectivity index is 0.00000132. The largest absolute Gasteiger partial charge is 0.417 e. The first kappa shape index (κ1) is 20.0. The molecule has 3 rings (SSSR count). The predicted molar refractivity (Wildman–Crippen MR) is 83.8 cm³/mol. The molecule has 1 amide bonds. The van der Waals surface area contributed by atoms with Crippen molar-refractivity contribution in [2.75, 3.05) is 13.1 Å². The van der Waals surface area contributed by atoms with Crippen LogP contribution in [0, 0.1) is 11.8 Å². The van der Waals surface area contributed by atoms with Crippen LogP contribution >= 0.6 is 24.8 Å². The van der Waals surface area contributed by atoms with E-state index in [1.165, 1.54) is 0 Å². The van der Waals surface area contributed by atoms with E-state index in [2.05, 4.69) is 4.98 Å². The van der Waals surface area contributed by atoms with Gasteiger partial charge in [-0.25, -0.2) is 0 Å². The summed E-state index contributed by atoms with van der Waals surface area (Å²) in [6, 6.07) is 2.15. The molecule has 0 aromatic carbocycles. The average molecular weight is 372 g/mol. The van der Waals surface area contributed by atoms with Crippen molar-refractivity contribution in [3.05, 3.63) is 29.6 Å². The quantitative estimate of drug-likeness (QED) is 0.825. The average Bonchev–Trinajstić information content (AvgIpc) is 3.00. The van der Waals surface area contributed by atoms with Gasteiger partial charge in [0.05, 0.1) is 5.56 Å². The van der Waals surface area contributed by atoms with E-state index < -0.39 is 11.7 Å². The molecule has 1 saturated heterocycles. The van der Waals surface area contributed by atoms with E-state index in [0.717, 1.165) is 25.0 Å². The lowest BCUT2D eigenvalue weighted by molar-refractivity contribution is -0.137. The molecule has 2 heterocycles. The monoisotopic (exact) mass is 371 g/mol. The highest BCUT2D eigenvalue weighted by atomic mass is 35.5. The van der Waals surface area contributed by atoms with Gasteiger partial charge in [-0.15, -0.1) is 24.8 Å². The molecule has 2 fully saturated rings. The number of nitrogens with two attached hydrogens (primary N) is 1. The Bertz CT molecular complexity index is 553. The van der Waals surface area contributed by atoms with Crippen LogP contribution in [-0.2, 0) is 6.18 Å². The second-order valence-electron chi connectivity index (χ2n) is 5.81. The third-order valence-electron chi connectivity index (χ3n) is 4.51. The van der Waals surface area contributed by atoms with E-state index in [-0.39, 0.29) is 42.5 Å². The standard InChI is InChI=1S/C14H16F3N3O.2ClH/c15-14(16,17)9-2-4-12(19-5-9)13(21)20-6-8-1-3-11(18)10(8)7-20;;/h2,4-5,8,10-11H,1,3,6-7,18H2;2*1H. The number of carbonyl (C=O) groups is 1. The fraction of sp³-hybridized carbons (Fsp3) is 0.571. The van der Waals surface area contributed by atoms with E-state index in [4.69, 9.17) is 5.73 Å². The Morgan fingerprint density at radius 3 is 2.43 bits per heavy atom. The molecule has 0 bridgehead atoms. The molecule has 0 spiro atoms. The number of aromatic nitrogens is 1. The Morgan fingerprint density at radius 1 is 1.22 bits per heavy atom. The fourth-order valence-electron chi connectivity index (χ4n) is 3.32. The van der Waals surface area contributed by atoms with Crippen molar-refractivity contribution >= 4 is 30.7 Å². The summed E-state index contributed by atoms with van der Waals surface area (Å²) in [7, 11) is 0. The van der Waals surface area contributed by atoms with Crippen molar-refractivity contribution in [1.82, 2.24) is 9.88 Å². The SMILES string of the molecule is Cl.Cl.NC1CCC2CN(C(=O)c3ccc(C(F)(F)F)cn3)CC12. The first-order valence-electron chi connectivity index (χ1n) is 6.94. The molecule has 3 unspecified atom stereocenters. The molecule has 1 aromatic heterocycles. The maximum Gasteiger partial charge on any atom is 0.417 e. The lowest BCUT2D eigenvalue weighted by atomic mass is 9.98. The number of rotatable bonds is 1. The molecular weight excluding hydrogens is 354 g/mol. The maximum absolute atomic E-state index is 12.5. The molecule has 130 valence electrons. The zero-order valence-corrected chi connectivity index (χ0v) is 13.8. The molecule has 1 aliphatic carbocycles. The Morgan fingerprint density at radius 2 is 1.91 bits per heavy atom. The number of nitrogens with zero attached hydrogens (tertiary/aromatic N) is 2. The van der Waals surface area contributed by atoms with Crippen LogP contribution in [0.3, 0.4) is 0 Å². The van der Waals surface area contributed by atoms with Crippen LogP contribution in [-0.4, -0.2) is 34.9 Å². The fourth-order valence-corrected chi connectivity index (χ4v) is 3.32. The van der Waals surface area contributed by atoms with Gasteiger partial charge in [-0.1, -0.05) is 0 Å². The maximum atomic E-state index is 12.5. The minimum atomic E-state index is -4.44. The van der Waals surface area contributed by atoms with Crippen molar-refractivity contribution in [3.63, 3.8) is 0 Å². The molecule has 9 heteroatoms. The number of likely N-dealkylation sites (tertiary alicyclic amines) is 1. The van der Waals surface area contributed by atoms with Crippen LogP contribution in [0.1, 0.15) is 28.9 Å². The highest BCUT2D eigenvalue weighted by Crippen LogP contribution is 2.37. The lowest BCUT2D eigenvalue weighted by Gasteiger charge is -2.18. The predicted octanol–water partition coefficient (Wildman–Crippen LogP) is 2.75. The molecule has 2 aliphatic rings. The van der Waals surface area contributed by atoms with Gasteiger partial charge in [0.15, 0.2) is 0 Å². The van der Waals surface area contributed by atoms with Crippen LogP contribution in [0.25, 0.3) is 0 Å². The molecule has 1 saturated carbocycles. The van der Waals surface area contributed by atoms with Crippen LogP contribution < -0.4 is 5.73 Å². The molecule has 23 heavy (non-hydrogen) atoms. The number of hydrogen-bond acceptors (Lipinski definition) is 3. The first-order chi connectivity index (χ1) is 9.86. The van der Waals surface area contributed by atoms with Crippen LogP contribution in [0.5, 0.6) is 0 Å². The van der Waals surface area contributed by atoms with Gasteiger partial charge in [0.1, 0.15) is 5.69 Å². The normalized spacial score (nSPS) is 26.3. The van der Waals surface area contributed by atoms with E-state index in [9.17, 15) is 18.0 Å². The van der Waals surface area contributed by atoms with Crippen molar-refractivity contribution in [2.45, 2.75) is 25.1 Å². The van der Waals surface area contributed by atoms with Crippen LogP contribution in [0.15, 0.2) is 18.3 Å². The van der Waals surface area contributed by atoms with Crippen LogP contribution in [0.4, 0.5) is 13.2 Å². The molecule has 4 nitrogen and oxygen atoms in total. The van der Waals surface area contributed by atoms with Gasteiger partial charge in [-0.2, -0.15) is 13.2 Å². The Hall–Kier alpha value is -1.05. The minimum Gasteiger partial charge on any atom is -0.337 e. The zero-order chi connectivity index (χ0) is 15.2. The number of halogens is 5. The summed E-state index contributed by atoms with van der Waals surface area (Å²) in [5.74, 6) is 0.409. The lowest BCUT2D eigenvalue weighted by Crippen LogP contribution is -2.33. The summed E-state index contributed by atoms with van der Waals surface area (Å²) >= 11 is 0. The van der Waals surface area contributed by atoms with E-state index in [1.807, 2.05) is 0 Å². The van der Waals surface area contributed by atoms with Crippen molar-refractivity contribution < 1.29 is 18.0 Å². The highest BCUT2D eigenvalue weighted by Gasteiger charge is 2.42. The van der Waals surface area contributed by atoms with Gasteiger partial charge in [0, 0.05) is 25.3 Å². The Kier molecular flexibility index (Phi) is 6.29. The van der Waals surface area contributed by atoms with E-state index in [1.54, 1.807) is 4.90 Å². The highest BCUT2D eigenvalue weighted by molar-refractivity contribution is 5.92. The van der Waals surface area contributed by atoms with E-state index in [0.29, 0.717) is 31.1 Å². The summed E-state index contributed by atoms with van der Waals surface area (Å²) in [6.07, 6.45) is -1.74. The number of hydrogen-bond donors (Lipinski definition) is 1. The minimum absolute atomic E-state index is 0. The second-order valence-corrected chi connectivity index (χ2v) is 5.81. The first-order valence-corrected chi connectivity index (χ1v) is 6.94. The molecule has 3 atom stereocenters. The summed E-state index contributed by atoms with van der Waals surface area (Å²) in [5.41, 5.74) is 5.21. The summed E-state index contributed by atoms with van der Waals surface area (Å²) < 4.78 is 37.4. The van der Waals surface area contributed by atoms with E-state index >= 15 is 0 Å². The van der Waals surface area contributed by atoms with Crippen molar-refractivity contribution in [3.8, 4) is 0 Å². The van der Waals surface area contributed by atoms with Gasteiger partial charge in [0.2, 0.25) is 0 Å². The summed E-state index contributed by atoms with van der Waals surface area (Å²) in [5, 5.41) is 0. The van der Waals surface area contributed by atoms with Crippen LogP contribution in [0.2, 0.25) is 0 Å². The number of pyridine rings is 1. The number of carbonyl (C=O) groups excluding carboxylic acids is 1. The van der Waals surface area contributed by atoms with Gasteiger partial charge in [0.25, 0.3) is 5.91 Å². The third-order valence-corrected chi connectivity index (χ3v) is 4.51. The number of amides is 1. The smallest absolute Gasteiger partial charge is 0.337 e. The number of alkyl halides is 3. The molecule has 1 aliphatic heterocycles. The van der Waals surface area contributed by atoms with Crippen molar-refractivity contribution in [1.29, 1.82) is 0 Å². The number of fused-ring (bicyclic) bond motifs is 1. The zero-order valence-electron chi connectivity index (χ0n) is 12.1. The second kappa shape index (κ2) is 7.23. The third kappa shape index (κ3) is 3.89. The summed E-state index contributed by atoms with van der Waals surface area (Å²) in [4.78, 5) is 17.6. The summed E-state index contributed by atoms with van der Waals surface area (Å²) in [6.45, 7) is 1.20. The topological polar surface area (TPSA) is 59.2 Å². The van der Waals surface area contributed by atoms with Gasteiger partial charge >= 0.3 is 6.18 Å². The van der Waals surface area contributed by atoms with Crippen molar-refractivity contribution in [2.24, 2.45) is 17.6 Å².